The lowest BCUT2D eigenvalue weighted by Gasteiger charge is -2.17. The highest BCUT2D eigenvalue weighted by Gasteiger charge is 2.15. The molecule has 2 fully saturated rings. The molecule has 0 bridgehead atoms. The van der Waals surface area contributed by atoms with Gasteiger partial charge in [-0.15, -0.1) is 0 Å². The number of aromatic nitrogens is 1. The normalized spacial score (nSPS) is 17.5. The average molecular weight is 350 g/mol. The number of pyridine rings is 1. The second-order valence-corrected chi connectivity index (χ2v) is 7.25. The number of anilines is 3. The van der Waals surface area contributed by atoms with Gasteiger partial charge in [0.2, 0.25) is 0 Å². The number of nitrogens with zero attached hydrogens (tertiary/aromatic N) is 2. The second kappa shape index (κ2) is 7.77. The summed E-state index contributed by atoms with van der Waals surface area (Å²) >= 11 is 0. The molecule has 1 saturated heterocycles. The lowest BCUT2D eigenvalue weighted by molar-refractivity contribution is 0.102. The molecule has 2 N–H and O–H groups in total. The van der Waals surface area contributed by atoms with E-state index in [2.05, 4.69) is 32.7 Å². The third-order valence-electron chi connectivity index (χ3n) is 5.32. The number of benzene rings is 1. The summed E-state index contributed by atoms with van der Waals surface area (Å²) in [6.45, 7) is 2.24. The molecule has 0 spiro atoms. The fraction of sp³-hybridized carbons (Fsp3) is 0.429. The minimum absolute atomic E-state index is 0.175. The Morgan fingerprint density at radius 3 is 2.27 bits per heavy atom. The van der Waals surface area contributed by atoms with Gasteiger partial charge in [-0.3, -0.25) is 4.79 Å². The van der Waals surface area contributed by atoms with Crippen LogP contribution >= 0.6 is 0 Å². The highest BCUT2D eigenvalue weighted by molar-refractivity contribution is 6.03. The zero-order chi connectivity index (χ0) is 17.8. The van der Waals surface area contributed by atoms with Crippen LogP contribution in [0.3, 0.4) is 0 Å². The molecule has 5 nitrogen and oxygen atoms in total. The van der Waals surface area contributed by atoms with Crippen LogP contribution in [-0.2, 0) is 0 Å². The van der Waals surface area contributed by atoms with Gasteiger partial charge in [-0.1, -0.05) is 12.8 Å². The van der Waals surface area contributed by atoms with Crippen molar-refractivity contribution in [2.45, 2.75) is 44.6 Å². The number of hydrogen-bond donors (Lipinski definition) is 2. The Morgan fingerprint density at radius 2 is 1.62 bits per heavy atom. The van der Waals surface area contributed by atoms with E-state index in [1.165, 1.54) is 44.2 Å². The van der Waals surface area contributed by atoms with E-state index < -0.39 is 0 Å². The zero-order valence-corrected chi connectivity index (χ0v) is 15.1. The summed E-state index contributed by atoms with van der Waals surface area (Å²) < 4.78 is 0. The largest absolute Gasteiger partial charge is 0.381 e. The molecule has 2 aromatic rings. The van der Waals surface area contributed by atoms with Crippen molar-refractivity contribution in [2.75, 3.05) is 28.6 Å². The molecular formula is C21H26N4O. The van der Waals surface area contributed by atoms with Crippen molar-refractivity contribution >= 4 is 23.0 Å². The first-order valence-corrected chi connectivity index (χ1v) is 9.67. The van der Waals surface area contributed by atoms with E-state index in [1.807, 2.05) is 18.2 Å². The Balaban J connectivity index is 1.35. The van der Waals surface area contributed by atoms with Gasteiger partial charge in [0.1, 0.15) is 5.69 Å². The van der Waals surface area contributed by atoms with Crippen molar-refractivity contribution in [3.05, 3.63) is 48.3 Å². The third-order valence-corrected chi connectivity index (χ3v) is 5.32. The summed E-state index contributed by atoms with van der Waals surface area (Å²) in [5, 5.41) is 6.42. The summed E-state index contributed by atoms with van der Waals surface area (Å²) in [5.74, 6) is -0.175. The predicted molar refractivity (Wildman–Crippen MR) is 106 cm³/mol. The molecule has 0 unspecified atom stereocenters. The molecule has 0 atom stereocenters. The molecule has 5 heteroatoms. The van der Waals surface area contributed by atoms with Crippen molar-refractivity contribution < 1.29 is 4.79 Å². The van der Waals surface area contributed by atoms with Crippen molar-refractivity contribution in [2.24, 2.45) is 0 Å². The van der Waals surface area contributed by atoms with Gasteiger partial charge in [0.15, 0.2) is 0 Å². The van der Waals surface area contributed by atoms with Crippen LogP contribution in [0.1, 0.15) is 49.0 Å². The Kier molecular flexibility index (Phi) is 5.04. The van der Waals surface area contributed by atoms with E-state index >= 15 is 0 Å². The first-order valence-electron chi connectivity index (χ1n) is 9.67. The highest BCUT2D eigenvalue weighted by Crippen LogP contribution is 2.23. The Bertz CT molecular complexity index is 730. The van der Waals surface area contributed by atoms with Gasteiger partial charge in [-0.2, -0.15) is 0 Å². The van der Waals surface area contributed by atoms with Crippen LogP contribution in [0.25, 0.3) is 0 Å². The lowest BCUT2D eigenvalue weighted by Crippen LogP contribution is -2.18. The van der Waals surface area contributed by atoms with Crippen LogP contribution in [0.5, 0.6) is 0 Å². The van der Waals surface area contributed by atoms with Gasteiger partial charge in [0.05, 0.1) is 11.9 Å². The molecule has 1 saturated carbocycles. The maximum absolute atomic E-state index is 12.4. The number of carbonyl (C=O) groups excluding carboxylic acids is 1. The zero-order valence-electron chi connectivity index (χ0n) is 15.1. The Hall–Kier alpha value is -2.56. The molecule has 1 aromatic heterocycles. The maximum atomic E-state index is 12.4. The van der Waals surface area contributed by atoms with Crippen molar-refractivity contribution in [3.63, 3.8) is 0 Å². The van der Waals surface area contributed by atoms with Gasteiger partial charge in [0.25, 0.3) is 5.91 Å². The fourth-order valence-corrected chi connectivity index (χ4v) is 3.85. The maximum Gasteiger partial charge on any atom is 0.274 e. The van der Waals surface area contributed by atoms with E-state index in [-0.39, 0.29) is 5.91 Å². The van der Waals surface area contributed by atoms with E-state index in [1.54, 1.807) is 12.3 Å². The Labute approximate surface area is 154 Å². The van der Waals surface area contributed by atoms with E-state index in [4.69, 9.17) is 0 Å². The van der Waals surface area contributed by atoms with Crippen molar-refractivity contribution in [1.82, 2.24) is 4.98 Å². The van der Waals surface area contributed by atoms with Gasteiger partial charge in [-0.25, -0.2) is 4.98 Å². The number of nitrogens with one attached hydrogen (secondary N) is 2. The molecule has 1 aliphatic carbocycles. The quantitative estimate of drug-likeness (QED) is 0.845. The van der Waals surface area contributed by atoms with E-state index in [9.17, 15) is 4.79 Å². The number of hydrogen-bond acceptors (Lipinski definition) is 4. The van der Waals surface area contributed by atoms with Crippen LogP contribution in [-0.4, -0.2) is 30.0 Å². The first-order chi connectivity index (χ1) is 12.8. The van der Waals surface area contributed by atoms with Gasteiger partial charge in [-0.05, 0) is 62.1 Å². The summed E-state index contributed by atoms with van der Waals surface area (Å²) in [4.78, 5) is 19.1. The molecular weight excluding hydrogens is 324 g/mol. The summed E-state index contributed by atoms with van der Waals surface area (Å²) in [6.07, 6.45) is 9.30. The number of amides is 1. The molecule has 0 radical (unpaired) electrons. The van der Waals surface area contributed by atoms with E-state index in [0.717, 1.165) is 24.5 Å². The van der Waals surface area contributed by atoms with Crippen LogP contribution in [0.4, 0.5) is 17.1 Å². The number of carbonyl (C=O) groups is 1. The first kappa shape index (κ1) is 16.9. The second-order valence-electron chi connectivity index (χ2n) is 7.25. The molecule has 1 amide bonds. The SMILES string of the molecule is O=C(Nc1ccc(N2CCCC2)cc1)c1ccc(NC2CCCC2)cn1. The van der Waals surface area contributed by atoms with Crippen LogP contribution in [0.2, 0.25) is 0 Å². The van der Waals surface area contributed by atoms with Gasteiger partial charge in [0, 0.05) is 30.5 Å². The third kappa shape index (κ3) is 3.98. The molecule has 2 aliphatic rings. The topological polar surface area (TPSA) is 57.3 Å². The molecule has 2 heterocycles. The van der Waals surface area contributed by atoms with Gasteiger partial charge >= 0.3 is 0 Å². The monoisotopic (exact) mass is 350 g/mol. The summed E-state index contributed by atoms with van der Waals surface area (Å²) in [6, 6.07) is 12.3. The minimum Gasteiger partial charge on any atom is -0.381 e. The highest BCUT2D eigenvalue weighted by atomic mass is 16.1. The summed E-state index contributed by atoms with van der Waals surface area (Å²) in [7, 11) is 0. The van der Waals surface area contributed by atoms with Crippen molar-refractivity contribution in [1.29, 1.82) is 0 Å². The molecule has 136 valence electrons. The van der Waals surface area contributed by atoms with Gasteiger partial charge < -0.3 is 15.5 Å². The standard InChI is InChI=1S/C21H26N4O/c26-21(20-12-9-18(15-22-20)23-16-5-1-2-6-16)24-17-7-10-19(11-8-17)25-13-3-4-14-25/h7-12,15-16,23H,1-6,13-14H2,(H,24,26). The van der Waals surface area contributed by atoms with Crippen molar-refractivity contribution in [3.8, 4) is 0 Å². The van der Waals surface area contributed by atoms with E-state index in [0.29, 0.717) is 11.7 Å². The van der Waals surface area contributed by atoms with Crippen LogP contribution < -0.4 is 15.5 Å². The lowest BCUT2D eigenvalue weighted by atomic mass is 10.2. The molecule has 4 rings (SSSR count). The Morgan fingerprint density at radius 1 is 0.923 bits per heavy atom. The predicted octanol–water partition coefficient (Wildman–Crippen LogP) is 4.29. The minimum atomic E-state index is -0.175. The molecule has 1 aliphatic heterocycles. The average Bonchev–Trinajstić information content (AvgIpc) is 3.37. The fourth-order valence-electron chi connectivity index (χ4n) is 3.85. The summed E-state index contributed by atoms with van der Waals surface area (Å²) in [5.41, 5.74) is 3.45. The van der Waals surface area contributed by atoms with Crippen LogP contribution in [0, 0.1) is 0 Å². The molecule has 26 heavy (non-hydrogen) atoms. The van der Waals surface area contributed by atoms with Crippen LogP contribution in [0.15, 0.2) is 42.6 Å². The smallest absolute Gasteiger partial charge is 0.274 e. The molecule has 1 aromatic carbocycles. The number of rotatable bonds is 5.